The Bertz CT molecular complexity index is 237. The number of unbranched alkanes of at least 4 members (excludes halogenated alkanes) is 1. The molecule has 0 radical (unpaired) electrons. The molecule has 0 bridgehead atoms. The third-order valence-corrected chi connectivity index (χ3v) is 3.03. The quantitative estimate of drug-likeness (QED) is 0.260. The molecular formula is C11H21N3O2. The van der Waals surface area contributed by atoms with E-state index in [0.29, 0.717) is 18.6 Å². The predicted molar refractivity (Wildman–Crippen MR) is 61.4 cm³/mol. The Kier molecular flexibility index (Phi) is 6.03. The number of carbonyl (C=O) groups is 2. The summed E-state index contributed by atoms with van der Waals surface area (Å²) < 4.78 is 0. The van der Waals surface area contributed by atoms with Crippen LogP contribution in [0.25, 0.3) is 0 Å². The van der Waals surface area contributed by atoms with Crippen LogP contribution in [0.2, 0.25) is 0 Å². The normalized spacial score (nSPS) is 17.1. The summed E-state index contributed by atoms with van der Waals surface area (Å²) >= 11 is 0. The number of Topliss-reactive ketones (excluding diaryl/α,β-unsaturated/α-hetero) is 1. The number of hydrogen-bond donors (Lipinski definition) is 3. The molecule has 92 valence electrons. The Hall–Kier alpha value is -0.940. The largest absolute Gasteiger partial charge is 0.317 e. The molecule has 0 aromatic heterocycles. The molecule has 0 unspecified atom stereocenters. The number of hydrogen-bond acceptors (Lipinski definition) is 4. The van der Waals surface area contributed by atoms with E-state index in [4.69, 9.17) is 5.84 Å². The van der Waals surface area contributed by atoms with Gasteiger partial charge in [0.15, 0.2) is 0 Å². The standard InChI is InChI=1S/C11H21N3O2/c12-14-11(16)4-2-1-3-10(15)9-5-7-13-8-6-9/h9,13H,1-8,12H2,(H,14,16). The van der Waals surface area contributed by atoms with E-state index in [1.807, 2.05) is 0 Å². The van der Waals surface area contributed by atoms with Gasteiger partial charge < -0.3 is 5.32 Å². The van der Waals surface area contributed by atoms with Gasteiger partial charge in [-0.1, -0.05) is 0 Å². The number of nitrogens with two attached hydrogens (primary N) is 1. The van der Waals surface area contributed by atoms with Crippen molar-refractivity contribution in [3.8, 4) is 0 Å². The van der Waals surface area contributed by atoms with Crippen LogP contribution in [-0.2, 0) is 9.59 Å². The highest BCUT2D eigenvalue weighted by Gasteiger charge is 2.19. The Labute approximate surface area is 96.1 Å². The molecule has 1 amide bonds. The second-order valence-electron chi connectivity index (χ2n) is 4.27. The summed E-state index contributed by atoms with van der Waals surface area (Å²) in [5, 5.41) is 3.24. The molecule has 0 spiro atoms. The van der Waals surface area contributed by atoms with Gasteiger partial charge in [0.2, 0.25) is 5.91 Å². The molecule has 0 aromatic carbocycles. The molecule has 1 heterocycles. The van der Waals surface area contributed by atoms with E-state index in [0.717, 1.165) is 38.8 Å². The lowest BCUT2D eigenvalue weighted by atomic mass is 9.91. The highest BCUT2D eigenvalue weighted by atomic mass is 16.2. The SMILES string of the molecule is NNC(=O)CCCCC(=O)C1CCNCC1. The first kappa shape index (κ1) is 13.1. The van der Waals surface area contributed by atoms with Gasteiger partial charge in [0.1, 0.15) is 5.78 Å². The van der Waals surface area contributed by atoms with Gasteiger partial charge in [-0.3, -0.25) is 15.0 Å². The monoisotopic (exact) mass is 227 g/mol. The summed E-state index contributed by atoms with van der Waals surface area (Å²) in [6.07, 6.45) is 4.46. The molecule has 16 heavy (non-hydrogen) atoms. The molecule has 1 fully saturated rings. The van der Waals surface area contributed by atoms with Gasteiger partial charge in [-0.25, -0.2) is 5.84 Å². The highest BCUT2D eigenvalue weighted by Crippen LogP contribution is 2.16. The van der Waals surface area contributed by atoms with Crippen molar-refractivity contribution in [1.29, 1.82) is 0 Å². The number of rotatable bonds is 6. The number of carbonyl (C=O) groups excluding carboxylic acids is 2. The van der Waals surface area contributed by atoms with E-state index in [1.165, 1.54) is 0 Å². The Morgan fingerprint density at radius 2 is 1.81 bits per heavy atom. The summed E-state index contributed by atoms with van der Waals surface area (Å²) in [6, 6.07) is 0. The predicted octanol–water partition coefficient (Wildman–Crippen LogP) is 0.105. The van der Waals surface area contributed by atoms with Crippen molar-refractivity contribution in [3.05, 3.63) is 0 Å². The third kappa shape index (κ3) is 4.72. The molecule has 5 heteroatoms. The van der Waals surface area contributed by atoms with Crippen molar-refractivity contribution < 1.29 is 9.59 Å². The molecule has 0 atom stereocenters. The zero-order chi connectivity index (χ0) is 11.8. The van der Waals surface area contributed by atoms with Crippen molar-refractivity contribution in [2.45, 2.75) is 38.5 Å². The molecule has 1 saturated heterocycles. The van der Waals surface area contributed by atoms with Crippen LogP contribution < -0.4 is 16.6 Å². The lowest BCUT2D eigenvalue weighted by molar-refractivity contribution is -0.124. The van der Waals surface area contributed by atoms with Crippen LogP contribution in [-0.4, -0.2) is 24.8 Å². The Balaban J connectivity index is 2.07. The zero-order valence-corrected chi connectivity index (χ0v) is 9.63. The van der Waals surface area contributed by atoms with Crippen LogP contribution in [0.3, 0.4) is 0 Å². The second kappa shape index (κ2) is 7.35. The first-order valence-corrected chi connectivity index (χ1v) is 5.97. The average molecular weight is 227 g/mol. The van der Waals surface area contributed by atoms with Crippen molar-refractivity contribution >= 4 is 11.7 Å². The van der Waals surface area contributed by atoms with Crippen molar-refractivity contribution in [2.75, 3.05) is 13.1 Å². The fourth-order valence-electron chi connectivity index (χ4n) is 2.00. The Morgan fingerprint density at radius 3 is 2.44 bits per heavy atom. The van der Waals surface area contributed by atoms with Gasteiger partial charge in [-0.05, 0) is 38.8 Å². The molecule has 0 saturated carbocycles. The van der Waals surface area contributed by atoms with E-state index >= 15 is 0 Å². The van der Waals surface area contributed by atoms with Gasteiger partial charge in [-0.15, -0.1) is 0 Å². The van der Waals surface area contributed by atoms with Crippen molar-refractivity contribution in [3.63, 3.8) is 0 Å². The second-order valence-corrected chi connectivity index (χ2v) is 4.27. The molecular weight excluding hydrogens is 206 g/mol. The van der Waals surface area contributed by atoms with Gasteiger partial charge >= 0.3 is 0 Å². The maximum absolute atomic E-state index is 11.8. The Morgan fingerprint density at radius 1 is 1.19 bits per heavy atom. The summed E-state index contributed by atoms with van der Waals surface area (Å²) in [5.41, 5.74) is 2.08. The first-order valence-electron chi connectivity index (χ1n) is 5.97. The van der Waals surface area contributed by atoms with Crippen molar-refractivity contribution in [2.24, 2.45) is 11.8 Å². The van der Waals surface area contributed by atoms with E-state index in [-0.39, 0.29) is 11.8 Å². The maximum Gasteiger partial charge on any atom is 0.233 e. The first-order chi connectivity index (χ1) is 7.74. The summed E-state index contributed by atoms with van der Waals surface area (Å²) in [4.78, 5) is 22.6. The fraction of sp³-hybridized carbons (Fsp3) is 0.818. The van der Waals surface area contributed by atoms with Gasteiger partial charge in [0.25, 0.3) is 0 Å². The number of amides is 1. The van der Waals surface area contributed by atoms with E-state index in [2.05, 4.69) is 10.7 Å². The number of nitrogens with one attached hydrogen (secondary N) is 2. The van der Waals surface area contributed by atoms with Crippen molar-refractivity contribution in [1.82, 2.24) is 10.7 Å². The molecule has 0 aliphatic carbocycles. The third-order valence-electron chi connectivity index (χ3n) is 3.03. The smallest absolute Gasteiger partial charge is 0.233 e. The van der Waals surface area contributed by atoms with Crippen LogP contribution in [0.4, 0.5) is 0 Å². The average Bonchev–Trinajstić information content (AvgIpc) is 2.35. The zero-order valence-electron chi connectivity index (χ0n) is 9.63. The number of piperidine rings is 1. The number of ketones is 1. The van der Waals surface area contributed by atoms with E-state index in [9.17, 15) is 9.59 Å². The van der Waals surface area contributed by atoms with Crippen LogP contribution in [0.1, 0.15) is 38.5 Å². The lowest BCUT2D eigenvalue weighted by Crippen LogP contribution is -2.32. The minimum absolute atomic E-state index is 0.158. The van der Waals surface area contributed by atoms with Crippen LogP contribution in [0.5, 0.6) is 0 Å². The van der Waals surface area contributed by atoms with Crippen LogP contribution in [0, 0.1) is 5.92 Å². The minimum Gasteiger partial charge on any atom is -0.317 e. The fourth-order valence-corrected chi connectivity index (χ4v) is 2.00. The van der Waals surface area contributed by atoms with Crippen LogP contribution >= 0.6 is 0 Å². The summed E-state index contributed by atoms with van der Waals surface area (Å²) in [7, 11) is 0. The summed E-state index contributed by atoms with van der Waals surface area (Å²) in [6.45, 7) is 1.90. The topological polar surface area (TPSA) is 84.2 Å². The van der Waals surface area contributed by atoms with Gasteiger partial charge in [0.05, 0.1) is 0 Å². The molecule has 0 aromatic rings. The van der Waals surface area contributed by atoms with Gasteiger partial charge in [-0.2, -0.15) is 0 Å². The molecule has 1 rings (SSSR count). The highest BCUT2D eigenvalue weighted by molar-refractivity contribution is 5.81. The van der Waals surface area contributed by atoms with E-state index < -0.39 is 0 Å². The molecule has 4 N–H and O–H groups in total. The molecule has 1 aliphatic rings. The summed E-state index contributed by atoms with van der Waals surface area (Å²) in [5.74, 6) is 5.40. The molecule has 5 nitrogen and oxygen atoms in total. The number of hydrazine groups is 1. The van der Waals surface area contributed by atoms with E-state index in [1.54, 1.807) is 0 Å². The van der Waals surface area contributed by atoms with Gasteiger partial charge in [0, 0.05) is 18.8 Å². The minimum atomic E-state index is -0.158. The van der Waals surface area contributed by atoms with Crippen LogP contribution in [0.15, 0.2) is 0 Å². The molecule has 1 aliphatic heterocycles. The lowest BCUT2D eigenvalue weighted by Gasteiger charge is -2.21. The maximum atomic E-state index is 11.8.